The van der Waals surface area contributed by atoms with Gasteiger partial charge in [-0.25, -0.2) is 0 Å². The zero-order valence-electron chi connectivity index (χ0n) is 13.3. The third-order valence-electron chi connectivity index (χ3n) is 3.75. The first-order chi connectivity index (χ1) is 9.15. The van der Waals surface area contributed by atoms with Crippen molar-refractivity contribution in [3.63, 3.8) is 0 Å². The molecule has 0 aliphatic rings. The zero-order chi connectivity index (χ0) is 14.1. The molecule has 0 nitrogen and oxygen atoms in total. The molecule has 0 heteroatoms. The van der Waals surface area contributed by atoms with Crippen LogP contribution in [0.2, 0.25) is 0 Å². The first-order valence-electron chi connectivity index (χ1n) is 7.89. The van der Waals surface area contributed by atoms with Crippen molar-refractivity contribution in [3.05, 3.63) is 40.5 Å². The lowest BCUT2D eigenvalue weighted by atomic mass is 9.99. The molecular weight excluding hydrogens is 228 g/mol. The van der Waals surface area contributed by atoms with Gasteiger partial charge in [0.15, 0.2) is 0 Å². The first-order valence-corrected chi connectivity index (χ1v) is 7.89. The van der Waals surface area contributed by atoms with Gasteiger partial charge in [-0.2, -0.15) is 0 Å². The van der Waals surface area contributed by atoms with E-state index in [0.29, 0.717) is 0 Å². The molecule has 0 radical (unpaired) electrons. The van der Waals surface area contributed by atoms with Crippen LogP contribution in [0.25, 0.3) is 6.08 Å². The lowest BCUT2D eigenvalue weighted by Gasteiger charge is -2.07. The van der Waals surface area contributed by atoms with Gasteiger partial charge in [-0.15, -0.1) is 0 Å². The van der Waals surface area contributed by atoms with Crippen LogP contribution in [0, 0.1) is 20.8 Å². The summed E-state index contributed by atoms with van der Waals surface area (Å²) < 4.78 is 0. The normalized spacial score (nSPS) is 11.4. The van der Waals surface area contributed by atoms with E-state index in [9.17, 15) is 0 Å². The van der Waals surface area contributed by atoms with Crippen LogP contribution >= 0.6 is 0 Å². The molecule has 0 aliphatic heterocycles. The van der Waals surface area contributed by atoms with Gasteiger partial charge in [-0.05, 0) is 50.3 Å². The third kappa shape index (κ3) is 6.09. The topological polar surface area (TPSA) is 0 Å². The molecule has 0 amide bonds. The van der Waals surface area contributed by atoms with Gasteiger partial charge in [-0.3, -0.25) is 0 Å². The van der Waals surface area contributed by atoms with E-state index in [0.717, 1.165) is 0 Å². The molecule has 19 heavy (non-hydrogen) atoms. The van der Waals surface area contributed by atoms with Crippen LogP contribution in [0.15, 0.2) is 18.2 Å². The molecule has 0 bridgehead atoms. The summed E-state index contributed by atoms with van der Waals surface area (Å²) in [4.78, 5) is 0. The summed E-state index contributed by atoms with van der Waals surface area (Å²) in [7, 11) is 0. The summed E-state index contributed by atoms with van der Waals surface area (Å²) in [5, 5.41) is 0. The van der Waals surface area contributed by atoms with E-state index in [1.54, 1.807) is 0 Å². The molecule has 0 aromatic heterocycles. The quantitative estimate of drug-likeness (QED) is 0.475. The molecule has 0 fully saturated rings. The van der Waals surface area contributed by atoms with E-state index < -0.39 is 0 Å². The molecule has 0 heterocycles. The Kier molecular flexibility index (Phi) is 7.55. The van der Waals surface area contributed by atoms with Crippen LogP contribution < -0.4 is 0 Å². The van der Waals surface area contributed by atoms with Crippen LogP contribution in [0.4, 0.5) is 0 Å². The van der Waals surface area contributed by atoms with E-state index in [1.807, 2.05) is 0 Å². The van der Waals surface area contributed by atoms with Gasteiger partial charge in [0.1, 0.15) is 0 Å². The summed E-state index contributed by atoms with van der Waals surface area (Å²) in [5.74, 6) is 0. The molecular formula is C19H30. The Balaban J connectivity index is 2.33. The summed E-state index contributed by atoms with van der Waals surface area (Å²) in [6.45, 7) is 8.87. The largest absolute Gasteiger partial charge is 0.0839 e. The highest BCUT2D eigenvalue weighted by molar-refractivity contribution is 5.58. The molecule has 0 saturated carbocycles. The lowest BCUT2D eigenvalue weighted by molar-refractivity contribution is 0.611. The van der Waals surface area contributed by atoms with Crippen LogP contribution in [0.1, 0.15) is 74.1 Å². The molecule has 0 unspecified atom stereocenters. The van der Waals surface area contributed by atoms with Crippen molar-refractivity contribution in [2.75, 3.05) is 0 Å². The average Bonchev–Trinajstić information content (AvgIpc) is 2.35. The Morgan fingerprint density at radius 2 is 1.42 bits per heavy atom. The minimum absolute atomic E-state index is 1.22. The van der Waals surface area contributed by atoms with Crippen LogP contribution in [0.3, 0.4) is 0 Å². The zero-order valence-corrected chi connectivity index (χ0v) is 13.3. The van der Waals surface area contributed by atoms with Gasteiger partial charge in [0.05, 0.1) is 0 Å². The fourth-order valence-electron chi connectivity index (χ4n) is 2.70. The highest BCUT2D eigenvalue weighted by atomic mass is 14.0. The maximum Gasteiger partial charge on any atom is -0.0201 e. The molecule has 106 valence electrons. The SMILES string of the molecule is CCCCCCCC/C=C/c1c(C)cc(C)cc1C. The van der Waals surface area contributed by atoms with Gasteiger partial charge >= 0.3 is 0 Å². The number of hydrogen-bond donors (Lipinski definition) is 0. The number of aryl methyl sites for hydroxylation is 3. The summed E-state index contributed by atoms with van der Waals surface area (Å²) in [5.41, 5.74) is 5.58. The number of allylic oxidation sites excluding steroid dienone is 1. The van der Waals surface area contributed by atoms with E-state index in [2.05, 4.69) is 52.0 Å². The molecule has 0 spiro atoms. The molecule has 0 N–H and O–H groups in total. The van der Waals surface area contributed by atoms with E-state index in [4.69, 9.17) is 0 Å². The van der Waals surface area contributed by atoms with Gasteiger partial charge in [0.25, 0.3) is 0 Å². The fraction of sp³-hybridized carbons (Fsp3) is 0.579. The molecule has 0 saturated heterocycles. The number of hydrogen-bond acceptors (Lipinski definition) is 0. The van der Waals surface area contributed by atoms with Crippen LogP contribution in [-0.4, -0.2) is 0 Å². The predicted octanol–water partition coefficient (Wildman–Crippen LogP) is 6.38. The number of unbranched alkanes of at least 4 members (excludes halogenated alkanes) is 6. The smallest absolute Gasteiger partial charge is 0.0201 e. The van der Waals surface area contributed by atoms with Crippen molar-refractivity contribution in [1.82, 2.24) is 0 Å². The molecule has 1 rings (SSSR count). The monoisotopic (exact) mass is 258 g/mol. The minimum Gasteiger partial charge on any atom is -0.0839 e. The third-order valence-corrected chi connectivity index (χ3v) is 3.75. The fourth-order valence-corrected chi connectivity index (χ4v) is 2.70. The van der Waals surface area contributed by atoms with E-state index in [1.165, 1.54) is 67.2 Å². The molecule has 1 aromatic rings. The van der Waals surface area contributed by atoms with Crippen molar-refractivity contribution < 1.29 is 0 Å². The first kappa shape index (κ1) is 16.0. The van der Waals surface area contributed by atoms with Gasteiger partial charge in [0, 0.05) is 0 Å². The number of benzene rings is 1. The second kappa shape index (κ2) is 8.96. The standard InChI is InChI=1S/C19H30/c1-5-6-7-8-9-10-11-12-13-19-17(3)14-16(2)15-18(19)4/h12-15H,5-11H2,1-4H3/b13-12+. The Morgan fingerprint density at radius 1 is 0.842 bits per heavy atom. The second-order valence-electron chi connectivity index (χ2n) is 5.77. The van der Waals surface area contributed by atoms with Crippen molar-refractivity contribution in [3.8, 4) is 0 Å². The van der Waals surface area contributed by atoms with Gasteiger partial charge in [0.2, 0.25) is 0 Å². The Bertz CT molecular complexity index is 375. The Morgan fingerprint density at radius 3 is 2.05 bits per heavy atom. The van der Waals surface area contributed by atoms with Crippen molar-refractivity contribution in [2.24, 2.45) is 0 Å². The molecule has 1 aromatic carbocycles. The summed E-state index contributed by atoms with van der Waals surface area (Å²) in [6, 6.07) is 4.55. The number of rotatable bonds is 8. The average molecular weight is 258 g/mol. The van der Waals surface area contributed by atoms with Crippen LogP contribution in [0.5, 0.6) is 0 Å². The predicted molar refractivity (Wildman–Crippen MR) is 87.7 cm³/mol. The lowest BCUT2D eigenvalue weighted by Crippen LogP contribution is -1.88. The van der Waals surface area contributed by atoms with Crippen LogP contribution in [-0.2, 0) is 0 Å². The highest BCUT2D eigenvalue weighted by Crippen LogP contribution is 2.18. The summed E-state index contributed by atoms with van der Waals surface area (Å²) in [6.07, 6.45) is 14.2. The van der Waals surface area contributed by atoms with Crippen molar-refractivity contribution in [2.45, 2.75) is 72.6 Å². The maximum absolute atomic E-state index is 2.35. The van der Waals surface area contributed by atoms with E-state index in [-0.39, 0.29) is 0 Å². The van der Waals surface area contributed by atoms with E-state index >= 15 is 0 Å². The van der Waals surface area contributed by atoms with Gasteiger partial charge < -0.3 is 0 Å². The van der Waals surface area contributed by atoms with Crippen molar-refractivity contribution >= 4 is 6.08 Å². The van der Waals surface area contributed by atoms with Crippen molar-refractivity contribution in [1.29, 1.82) is 0 Å². The van der Waals surface area contributed by atoms with Gasteiger partial charge in [-0.1, -0.05) is 68.9 Å². The highest BCUT2D eigenvalue weighted by Gasteiger charge is 1.99. The summed E-state index contributed by atoms with van der Waals surface area (Å²) >= 11 is 0. The molecule has 0 atom stereocenters. The maximum atomic E-state index is 2.35. The second-order valence-corrected chi connectivity index (χ2v) is 5.77. The molecule has 0 aliphatic carbocycles. The minimum atomic E-state index is 1.22. The Labute approximate surface area is 119 Å². The Hall–Kier alpha value is -1.04.